The van der Waals surface area contributed by atoms with E-state index in [4.69, 9.17) is 15.9 Å². The molecule has 1 aromatic heterocycles. The number of H-pyrrole nitrogens is 1. The number of carbonyl (C=O) groups excluding carboxylic acids is 2. The summed E-state index contributed by atoms with van der Waals surface area (Å²) in [6, 6.07) is 4.57. The highest BCUT2D eigenvalue weighted by molar-refractivity contribution is 6.03. The van der Waals surface area contributed by atoms with Crippen molar-refractivity contribution in [3.8, 4) is 0 Å². The van der Waals surface area contributed by atoms with E-state index in [0.29, 0.717) is 5.56 Å². The highest BCUT2D eigenvalue weighted by atomic mass is 16.4. The molecule has 0 bridgehead atoms. The van der Waals surface area contributed by atoms with Crippen LogP contribution in [0.25, 0.3) is 0 Å². The summed E-state index contributed by atoms with van der Waals surface area (Å²) in [5, 5.41) is 33.3. The van der Waals surface area contributed by atoms with Crippen LogP contribution >= 0.6 is 0 Å². The van der Waals surface area contributed by atoms with Crippen LogP contribution in [0.1, 0.15) is 40.7 Å². The summed E-state index contributed by atoms with van der Waals surface area (Å²) >= 11 is 0. The molecule has 1 aromatic carbocycles. The monoisotopic (exact) mass is 459 g/mol. The second kappa shape index (κ2) is 9.08. The Kier molecular flexibility index (Phi) is 6.44. The minimum atomic E-state index is -2.11. The summed E-state index contributed by atoms with van der Waals surface area (Å²) in [5.41, 5.74) is 3.15. The van der Waals surface area contributed by atoms with E-state index in [1.54, 1.807) is 12.1 Å². The van der Waals surface area contributed by atoms with Crippen molar-refractivity contribution in [3.05, 3.63) is 51.3 Å². The number of carbonyl (C=O) groups is 4. The Labute approximate surface area is 185 Å². The number of aromatic nitrogens is 2. The van der Waals surface area contributed by atoms with E-state index in [2.05, 4.69) is 20.6 Å². The molecule has 2 aromatic rings. The molecule has 2 atom stereocenters. The molecule has 33 heavy (non-hydrogen) atoms. The molecule has 13 nitrogen and oxygen atoms in total. The number of aliphatic hydroxyl groups is 1. The Bertz CT molecular complexity index is 1180. The normalized spacial score (nSPS) is 17.7. The first kappa shape index (κ1) is 23.4. The number of nitrogens with zero attached hydrogens (tertiary/aromatic N) is 1. The van der Waals surface area contributed by atoms with E-state index < -0.39 is 47.4 Å². The lowest BCUT2D eigenvalue weighted by Crippen LogP contribution is -2.41. The minimum absolute atomic E-state index is 0.105. The fraction of sp³-hybridized carbons (Fsp3) is 0.300. The predicted octanol–water partition coefficient (Wildman–Crippen LogP) is -0.828. The van der Waals surface area contributed by atoms with Crippen LogP contribution in [-0.2, 0) is 26.4 Å². The zero-order chi connectivity index (χ0) is 24.3. The molecule has 13 heteroatoms. The lowest BCUT2D eigenvalue weighted by molar-refractivity contribution is -0.140. The number of nitrogen functional groups attached to an aromatic ring is 1. The fourth-order valence-corrected chi connectivity index (χ4v) is 3.44. The van der Waals surface area contributed by atoms with Gasteiger partial charge in [-0.2, -0.15) is 4.98 Å². The molecular formula is C20H21N5O8. The van der Waals surface area contributed by atoms with Gasteiger partial charge in [-0.05, 0) is 37.0 Å². The van der Waals surface area contributed by atoms with E-state index in [0.717, 1.165) is 0 Å². The van der Waals surface area contributed by atoms with Gasteiger partial charge in [0.15, 0.2) is 5.60 Å². The molecular weight excluding hydrogens is 438 g/mol. The first-order chi connectivity index (χ1) is 15.5. The first-order valence-corrected chi connectivity index (χ1v) is 9.79. The smallest absolute Gasteiger partial charge is 0.326 e. The van der Waals surface area contributed by atoms with Gasteiger partial charge in [-0.1, -0.05) is 12.1 Å². The third-order valence-electron chi connectivity index (χ3n) is 5.20. The van der Waals surface area contributed by atoms with E-state index >= 15 is 0 Å². The predicted molar refractivity (Wildman–Crippen MR) is 112 cm³/mol. The number of nitrogens with one attached hydrogen (secondary N) is 3. The molecule has 0 saturated carbocycles. The average molecular weight is 459 g/mol. The number of aromatic amines is 1. The van der Waals surface area contributed by atoms with Crippen molar-refractivity contribution in [2.45, 2.75) is 37.3 Å². The lowest BCUT2D eigenvalue weighted by atomic mass is 9.90. The second-order valence-corrected chi connectivity index (χ2v) is 7.48. The standard InChI is InChI=1S/C20H21N5O8/c21-19-24-14-13(16(29)25-19)20(33,18(32)23-14)8-7-9-1-3-10(4-2-9)15(28)22-11(17(30)31)5-6-12(26)27/h1-4,11,33H,5-8H2,(H,22,28)(H,26,27)(H,30,31)(H4,21,23,24,25,29,32)/t11-,20+/m0/s1. The number of nitrogens with two attached hydrogens (primary N) is 1. The SMILES string of the molecule is Nc1nc2c(c(=O)[nH]1)[C@](O)(CCc1ccc(C(=O)N[C@@H](CCC(=O)O)C(=O)O)cc1)C(=O)N2. The summed E-state index contributed by atoms with van der Waals surface area (Å²) in [7, 11) is 0. The Morgan fingerprint density at radius 3 is 2.42 bits per heavy atom. The number of benzene rings is 1. The van der Waals surface area contributed by atoms with Crippen LogP contribution in [0.5, 0.6) is 0 Å². The van der Waals surface area contributed by atoms with Gasteiger partial charge in [-0.15, -0.1) is 0 Å². The van der Waals surface area contributed by atoms with Crippen LogP contribution in [-0.4, -0.2) is 55.1 Å². The number of anilines is 2. The van der Waals surface area contributed by atoms with E-state index in [-0.39, 0.29) is 42.2 Å². The highest BCUT2D eigenvalue weighted by Crippen LogP contribution is 2.35. The van der Waals surface area contributed by atoms with Crippen LogP contribution < -0.4 is 21.9 Å². The molecule has 174 valence electrons. The van der Waals surface area contributed by atoms with Crippen LogP contribution in [0.2, 0.25) is 0 Å². The van der Waals surface area contributed by atoms with Gasteiger partial charge in [-0.3, -0.25) is 24.2 Å². The topological polar surface area (TPSA) is 225 Å². The number of fused-ring (bicyclic) bond motifs is 1. The fourth-order valence-electron chi connectivity index (χ4n) is 3.44. The molecule has 0 spiro atoms. The molecule has 3 rings (SSSR count). The molecule has 8 N–H and O–H groups in total. The number of carboxylic acid groups (broad SMARTS) is 2. The Hall–Kier alpha value is -4.26. The van der Waals surface area contributed by atoms with Gasteiger partial charge in [-0.25, -0.2) is 4.79 Å². The Morgan fingerprint density at radius 2 is 1.82 bits per heavy atom. The average Bonchev–Trinajstić information content (AvgIpc) is 2.99. The molecule has 0 aliphatic carbocycles. The molecule has 2 amide bonds. The maximum atomic E-state index is 12.3. The van der Waals surface area contributed by atoms with Crippen molar-refractivity contribution in [1.29, 1.82) is 0 Å². The van der Waals surface area contributed by atoms with Crippen molar-refractivity contribution in [3.63, 3.8) is 0 Å². The van der Waals surface area contributed by atoms with Gasteiger partial charge < -0.3 is 31.7 Å². The van der Waals surface area contributed by atoms with Gasteiger partial charge in [0.2, 0.25) is 5.95 Å². The largest absolute Gasteiger partial charge is 0.481 e. The van der Waals surface area contributed by atoms with Gasteiger partial charge in [0.05, 0.1) is 0 Å². The number of amides is 2. The number of rotatable bonds is 9. The first-order valence-electron chi connectivity index (χ1n) is 9.79. The van der Waals surface area contributed by atoms with Crippen molar-refractivity contribution in [2.75, 3.05) is 11.1 Å². The molecule has 1 aliphatic heterocycles. The number of carboxylic acids is 2. The Morgan fingerprint density at radius 1 is 1.15 bits per heavy atom. The van der Waals surface area contributed by atoms with Crippen molar-refractivity contribution in [1.82, 2.24) is 15.3 Å². The number of hydrogen-bond donors (Lipinski definition) is 7. The Balaban J connectivity index is 1.68. The van der Waals surface area contributed by atoms with Gasteiger partial charge in [0.25, 0.3) is 17.4 Å². The van der Waals surface area contributed by atoms with Crippen LogP contribution in [0.15, 0.2) is 29.1 Å². The van der Waals surface area contributed by atoms with Crippen molar-refractivity contribution >= 4 is 35.5 Å². The number of hydrogen-bond acceptors (Lipinski definition) is 8. The molecule has 0 fully saturated rings. The second-order valence-electron chi connectivity index (χ2n) is 7.48. The minimum Gasteiger partial charge on any atom is -0.481 e. The maximum absolute atomic E-state index is 12.3. The molecule has 0 saturated heterocycles. The van der Waals surface area contributed by atoms with Crippen LogP contribution in [0.4, 0.5) is 11.8 Å². The zero-order valence-corrected chi connectivity index (χ0v) is 17.1. The van der Waals surface area contributed by atoms with E-state index in [9.17, 15) is 29.1 Å². The zero-order valence-electron chi connectivity index (χ0n) is 17.1. The summed E-state index contributed by atoms with van der Waals surface area (Å²) < 4.78 is 0. The van der Waals surface area contributed by atoms with Gasteiger partial charge in [0.1, 0.15) is 17.4 Å². The van der Waals surface area contributed by atoms with E-state index in [1.807, 2.05) is 0 Å². The maximum Gasteiger partial charge on any atom is 0.326 e. The summed E-state index contributed by atoms with van der Waals surface area (Å²) in [6.07, 6.45) is -0.676. The summed E-state index contributed by atoms with van der Waals surface area (Å²) in [4.78, 5) is 64.7. The van der Waals surface area contributed by atoms with Crippen LogP contribution in [0.3, 0.4) is 0 Å². The van der Waals surface area contributed by atoms with Gasteiger partial charge in [0, 0.05) is 12.0 Å². The molecule has 0 unspecified atom stereocenters. The third kappa shape index (κ3) is 4.98. The van der Waals surface area contributed by atoms with Crippen molar-refractivity contribution < 1.29 is 34.5 Å². The number of aliphatic carboxylic acids is 2. The third-order valence-corrected chi connectivity index (χ3v) is 5.20. The van der Waals surface area contributed by atoms with E-state index in [1.165, 1.54) is 12.1 Å². The molecule has 1 aliphatic rings. The molecule has 0 radical (unpaired) electrons. The summed E-state index contributed by atoms with van der Waals surface area (Å²) in [5.74, 6) is -4.34. The van der Waals surface area contributed by atoms with Gasteiger partial charge >= 0.3 is 11.9 Å². The molecule has 2 heterocycles. The van der Waals surface area contributed by atoms with Crippen LogP contribution in [0, 0.1) is 0 Å². The highest BCUT2D eigenvalue weighted by Gasteiger charge is 2.48. The number of aryl methyl sites for hydroxylation is 1. The lowest BCUT2D eigenvalue weighted by Gasteiger charge is -2.19. The van der Waals surface area contributed by atoms with Crippen molar-refractivity contribution in [2.24, 2.45) is 0 Å². The summed E-state index contributed by atoms with van der Waals surface area (Å²) in [6.45, 7) is 0. The quantitative estimate of drug-likeness (QED) is 0.246.